The molecular formula is C36H36N2O10. The van der Waals surface area contributed by atoms with Gasteiger partial charge in [0.1, 0.15) is 11.7 Å². The molecular weight excluding hydrogens is 620 g/mol. The second-order valence-corrected chi connectivity index (χ2v) is 11.0. The highest BCUT2D eigenvalue weighted by atomic mass is 16.5. The minimum Gasteiger partial charge on any atom is -0.481 e. The zero-order chi connectivity index (χ0) is 34.8. The number of nitrogens with one attached hydrogen (secondary N) is 1. The van der Waals surface area contributed by atoms with Gasteiger partial charge < -0.3 is 29.2 Å². The number of amides is 2. The number of benzene rings is 3. The number of methoxy groups -OCH3 is 1. The van der Waals surface area contributed by atoms with E-state index in [1.165, 1.54) is 33.1 Å². The topological polar surface area (TPSA) is 170 Å². The van der Waals surface area contributed by atoms with Crippen LogP contribution in [0.3, 0.4) is 0 Å². The summed E-state index contributed by atoms with van der Waals surface area (Å²) in [6.45, 7) is 2.72. The molecule has 3 unspecified atom stereocenters. The lowest BCUT2D eigenvalue weighted by Crippen LogP contribution is -2.50. The van der Waals surface area contributed by atoms with Crippen molar-refractivity contribution in [3.8, 4) is 0 Å². The number of carbonyl (C=O) groups excluding carboxylic acids is 5. The van der Waals surface area contributed by atoms with Crippen molar-refractivity contribution in [3.63, 3.8) is 0 Å². The lowest BCUT2D eigenvalue weighted by molar-refractivity contribution is -0.162. The van der Waals surface area contributed by atoms with Crippen molar-refractivity contribution in [1.29, 1.82) is 0 Å². The molecule has 12 nitrogen and oxygen atoms in total. The number of Topliss-reactive ketones (excluding diaryl/α,β-unsaturated/α-hetero) is 1. The van der Waals surface area contributed by atoms with E-state index in [4.69, 9.17) is 13.9 Å². The molecule has 2 amide bonds. The molecule has 4 aromatic rings. The third-order valence-electron chi connectivity index (χ3n) is 7.82. The molecule has 3 atom stereocenters. The Hall–Kier alpha value is -5.78. The molecule has 2 N–H and O–H groups in total. The lowest BCUT2D eigenvalue weighted by Gasteiger charge is -2.33. The van der Waals surface area contributed by atoms with E-state index in [-0.39, 0.29) is 31.1 Å². The first-order valence-corrected chi connectivity index (χ1v) is 15.3. The Balaban J connectivity index is 1.67. The molecule has 4 rings (SSSR count). The van der Waals surface area contributed by atoms with Gasteiger partial charge in [0.2, 0.25) is 5.78 Å². The molecule has 3 aromatic carbocycles. The molecule has 0 saturated heterocycles. The highest BCUT2D eigenvalue weighted by molar-refractivity contribution is 6.40. The molecule has 0 fully saturated rings. The summed E-state index contributed by atoms with van der Waals surface area (Å²) in [4.78, 5) is 78.8. The van der Waals surface area contributed by atoms with Crippen molar-refractivity contribution in [2.24, 2.45) is 11.8 Å². The predicted octanol–water partition coefficient (Wildman–Crippen LogP) is 4.66. The number of anilines is 1. The average Bonchev–Trinajstić information content (AvgIpc) is 3.56. The number of rotatable bonds is 15. The van der Waals surface area contributed by atoms with Crippen LogP contribution in [-0.4, -0.2) is 65.3 Å². The predicted molar refractivity (Wildman–Crippen MR) is 174 cm³/mol. The van der Waals surface area contributed by atoms with E-state index in [0.717, 1.165) is 15.7 Å². The molecule has 0 saturated carbocycles. The zero-order valence-corrected chi connectivity index (χ0v) is 26.7. The minimum absolute atomic E-state index is 0.0182. The number of carboxylic acids is 1. The van der Waals surface area contributed by atoms with Crippen LogP contribution in [0.2, 0.25) is 0 Å². The molecule has 48 heavy (non-hydrogen) atoms. The van der Waals surface area contributed by atoms with Crippen LogP contribution < -0.4 is 5.32 Å². The van der Waals surface area contributed by atoms with Crippen LogP contribution in [-0.2, 0) is 46.4 Å². The quantitative estimate of drug-likeness (QED) is 0.104. The monoisotopic (exact) mass is 656 g/mol. The number of nitrogens with zero attached hydrogens (tertiary/aromatic N) is 1. The fraction of sp³-hybridized carbons (Fsp3) is 0.278. The van der Waals surface area contributed by atoms with E-state index in [0.29, 0.717) is 11.3 Å². The van der Waals surface area contributed by atoms with Gasteiger partial charge in [0.15, 0.2) is 5.76 Å². The van der Waals surface area contributed by atoms with Crippen LogP contribution in [0.25, 0.3) is 10.8 Å². The molecule has 0 aliphatic carbocycles. The molecule has 0 aliphatic rings. The van der Waals surface area contributed by atoms with E-state index < -0.39 is 59.8 Å². The number of esters is 2. The minimum atomic E-state index is -1.89. The lowest BCUT2D eigenvalue weighted by atomic mass is 9.92. The summed E-state index contributed by atoms with van der Waals surface area (Å²) < 4.78 is 15.8. The number of hydrogen-bond donors (Lipinski definition) is 2. The summed E-state index contributed by atoms with van der Waals surface area (Å²) in [5.41, 5.74) is 1.16. The Bertz CT molecular complexity index is 1800. The third kappa shape index (κ3) is 8.72. The SMILES string of the molecule is CCOC(=O)C(CC(=O)O)C(=O)C(=O)N(Cc1ccc2ccccc2c1)C(C)C(Cc1ccc(C(=O)Nc2ccccc2)o1)C(=O)OC. The number of ketones is 1. The van der Waals surface area contributed by atoms with Crippen molar-refractivity contribution in [2.75, 3.05) is 19.0 Å². The number of hydrogen-bond acceptors (Lipinski definition) is 9. The van der Waals surface area contributed by atoms with Crippen LogP contribution >= 0.6 is 0 Å². The van der Waals surface area contributed by atoms with E-state index in [1.807, 2.05) is 36.4 Å². The van der Waals surface area contributed by atoms with Crippen molar-refractivity contribution in [3.05, 3.63) is 102 Å². The van der Waals surface area contributed by atoms with Crippen LogP contribution in [0.4, 0.5) is 5.69 Å². The first-order chi connectivity index (χ1) is 23.0. The summed E-state index contributed by atoms with van der Waals surface area (Å²) >= 11 is 0. The van der Waals surface area contributed by atoms with Gasteiger partial charge in [-0.2, -0.15) is 0 Å². The molecule has 0 bridgehead atoms. The number of carboxylic acid groups (broad SMARTS) is 1. The highest BCUT2D eigenvalue weighted by Gasteiger charge is 2.41. The maximum Gasteiger partial charge on any atom is 0.317 e. The van der Waals surface area contributed by atoms with Crippen LogP contribution in [0.5, 0.6) is 0 Å². The Morgan fingerprint density at radius 3 is 2.23 bits per heavy atom. The van der Waals surface area contributed by atoms with E-state index in [1.54, 1.807) is 36.4 Å². The molecule has 0 aliphatic heterocycles. The van der Waals surface area contributed by atoms with Gasteiger partial charge in [0.25, 0.3) is 11.8 Å². The maximum atomic E-state index is 14.0. The fourth-order valence-electron chi connectivity index (χ4n) is 5.29. The van der Waals surface area contributed by atoms with Gasteiger partial charge >= 0.3 is 17.9 Å². The Morgan fingerprint density at radius 2 is 1.56 bits per heavy atom. The Labute approximate surface area is 276 Å². The summed E-state index contributed by atoms with van der Waals surface area (Å²) in [5.74, 6) is -9.11. The second-order valence-electron chi connectivity index (χ2n) is 11.0. The van der Waals surface area contributed by atoms with Gasteiger partial charge in [-0.1, -0.05) is 54.6 Å². The first kappa shape index (κ1) is 35.1. The summed E-state index contributed by atoms with van der Waals surface area (Å²) in [7, 11) is 1.17. The van der Waals surface area contributed by atoms with Crippen LogP contribution in [0.15, 0.2) is 89.3 Å². The largest absolute Gasteiger partial charge is 0.481 e. The highest BCUT2D eigenvalue weighted by Crippen LogP contribution is 2.25. The Morgan fingerprint density at radius 1 is 0.875 bits per heavy atom. The number of carbonyl (C=O) groups is 6. The molecule has 0 spiro atoms. The summed E-state index contributed by atoms with van der Waals surface area (Å²) in [6.07, 6.45) is -1.08. The number of furan rings is 1. The van der Waals surface area contributed by atoms with Gasteiger partial charge in [-0.25, -0.2) is 0 Å². The Kier molecular flexibility index (Phi) is 11.8. The van der Waals surface area contributed by atoms with Crippen molar-refractivity contribution >= 4 is 52.0 Å². The van der Waals surface area contributed by atoms with Gasteiger partial charge in [-0.3, -0.25) is 28.8 Å². The molecule has 0 radical (unpaired) electrons. The summed E-state index contributed by atoms with van der Waals surface area (Å²) in [5, 5.41) is 13.9. The molecule has 12 heteroatoms. The summed E-state index contributed by atoms with van der Waals surface area (Å²) in [6, 6.07) is 23.6. The molecule has 250 valence electrons. The van der Waals surface area contributed by atoms with Crippen LogP contribution in [0, 0.1) is 11.8 Å². The van der Waals surface area contributed by atoms with Crippen LogP contribution in [0.1, 0.15) is 42.1 Å². The van der Waals surface area contributed by atoms with E-state index in [2.05, 4.69) is 5.32 Å². The molecule has 1 heterocycles. The molecule has 1 aromatic heterocycles. The van der Waals surface area contributed by atoms with Crippen molar-refractivity contribution < 1.29 is 47.8 Å². The maximum absolute atomic E-state index is 14.0. The van der Waals surface area contributed by atoms with Gasteiger partial charge in [0.05, 0.1) is 26.1 Å². The van der Waals surface area contributed by atoms with Crippen molar-refractivity contribution in [2.45, 2.75) is 39.3 Å². The smallest absolute Gasteiger partial charge is 0.317 e. The number of ether oxygens (including phenoxy) is 2. The fourth-order valence-corrected chi connectivity index (χ4v) is 5.29. The van der Waals surface area contributed by atoms with Gasteiger partial charge in [-0.15, -0.1) is 0 Å². The number of fused-ring (bicyclic) bond motifs is 1. The first-order valence-electron chi connectivity index (χ1n) is 15.3. The third-order valence-corrected chi connectivity index (χ3v) is 7.82. The zero-order valence-electron chi connectivity index (χ0n) is 26.7. The van der Waals surface area contributed by atoms with E-state index >= 15 is 0 Å². The van der Waals surface area contributed by atoms with Gasteiger partial charge in [0, 0.05) is 24.7 Å². The number of para-hydroxylation sites is 1. The van der Waals surface area contributed by atoms with E-state index in [9.17, 15) is 33.9 Å². The second kappa shape index (κ2) is 16.2. The van der Waals surface area contributed by atoms with Gasteiger partial charge in [-0.05, 0) is 60.5 Å². The van der Waals surface area contributed by atoms with Crippen molar-refractivity contribution in [1.82, 2.24) is 4.90 Å². The standard InChI is InChI=1S/C36H36N2O10/c1-4-47-36(45)29(20-31(39)40)32(41)34(43)38(21-23-14-15-24-10-8-9-11-25(24)18-23)22(2)28(35(44)46-3)19-27-16-17-30(48-27)33(42)37-26-12-6-5-7-13-26/h5-18,22,28-29H,4,19-21H2,1-3H3,(H,37,42)(H,39,40). The number of aliphatic carboxylic acids is 1. The average molecular weight is 657 g/mol. The normalized spacial score (nSPS) is 12.7.